The first-order valence-corrected chi connectivity index (χ1v) is 11.1. The standard InChI is InChI=1S/C18H19N3O7S2.Na/c1-11(22)17(18(23)19-15-10-13(27-2)6-9-16(15)28-3)21-20-12-4-7-14(8-5-12)29-30(24,25)26;/h4-10,17H,1-3H3,(H,19,23)(H,24,25,26);. The van der Waals surface area contributed by atoms with Crippen molar-refractivity contribution in [3.8, 4) is 11.5 Å². The van der Waals surface area contributed by atoms with Gasteiger partial charge in [-0.15, -0.1) is 0 Å². The normalized spacial score (nSPS) is 12.0. The summed E-state index contributed by atoms with van der Waals surface area (Å²) in [5.41, 5.74) is 0.586. The van der Waals surface area contributed by atoms with Crippen LogP contribution in [0.2, 0.25) is 0 Å². The van der Waals surface area contributed by atoms with Crippen LogP contribution in [0.15, 0.2) is 57.6 Å². The summed E-state index contributed by atoms with van der Waals surface area (Å²) in [5, 5.41) is 10.3. The van der Waals surface area contributed by atoms with Gasteiger partial charge >= 0.3 is 9.15 Å². The van der Waals surface area contributed by atoms with E-state index in [-0.39, 0.29) is 50.9 Å². The van der Waals surface area contributed by atoms with Gasteiger partial charge in [0.25, 0.3) is 5.91 Å². The van der Waals surface area contributed by atoms with Gasteiger partial charge in [0.05, 0.1) is 25.6 Å². The van der Waals surface area contributed by atoms with Gasteiger partial charge in [-0.3, -0.25) is 14.1 Å². The van der Waals surface area contributed by atoms with Crippen molar-refractivity contribution in [1.82, 2.24) is 0 Å². The number of ether oxygens (including phenoxy) is 2. The average molecular weight is 476 g/mol. The van der Waals surface area contributed by atoms with Crippen LogP contribution in [0, 0.1) is 0 Å². The minimum absolute atomic E-state index is 0. The number of rotatable bonds is 9. The summed E-state index contributed by atoms with van der Waals surface area (Å²) < 4.78 is 40.9. The Morgan fingerprint density at radius 3 is 2.26 bits per heavy atom. The first-order chi connectivity index (χ1) is 14.1. The Balaban J connectivity index is 0.00000480. The number of hydrogen-bond acceptors (Lipinski definition) is 9. The summed E-state index contributed by atoms with van der Waals surface area (Å²) in [7, 11) is -1.06. The van der Waals surface area contributed by atoms with Crippen molar-refractivity contribution in [3.63, 3.8) is 0 Å². The van der Waals surface area contributed by atoms with Crippen LogP contribution >= 0.6 is 10.8 Å². The molecule has 2 N–H and O–H groups in total. The van der Waals surface area contributed by atoms with E-state index in [9.17, 15) is 18.0 Å². The molecule has 2 rings (SSSR count). The van der Waals surface area contributed by atoms with Gasteiger partial charge in [-0.25, -0.2) is 0 Å². The fourth-order valence-corrected chi connectivity index (χ4v) is 3.80. The minimum atomic E-state index is -4.23. The topological polar surface area (TPSA) is 144 Å². The molecule has 31 heavy (non-hydrogen) atoms. The Hall–Kier alpha value is -1.96. The third-order valence-electron chi connectivity index (χ3n) is 3.62. The molecule has 0 saturated carbocycles. The molecular weight excluding hydrogens is 457 g/mol. The molecule has 1 radical (unpaired) electrons. The summed E-state index contributed by atoms with van der Waals surface area (Å²) in [6.45, 7) is 1.21. The van der Waals surface area contributed by atoms with Crippen LogP contribution in [0.5, 0.6) is 11.5 Å². The quantitative estimate of drug-likeness (QED) is 0.185. The number of benzene rings is 2. The van der Waals surface area contributed by atoms with Crippen molar-refractivity contribution < 1.29 is 32.0 Å². The molecule has 2 aromatic carbocycles. The number of amides is 1. The number of nitrogens with zero attached hydrogens (tertiary/aromatic N) is 2. The van der Waals surface area contributed by atoms with Crippen molar-refractivity contribution >= 4 is 72.6 Å². The van der Waals surface area contributed by atoms with Crippen LogP contribution in [0.3, 0.4) is 0 Å². The van der Waals surface area contributed by atoms with E-state index in [1.54, 1.807) is 12.1 Å². The zero-order valence-electron chi connectivity index (χ0n) is 17.2. The first-order valence-electron chi connectivity index (χ1n) is 8.34. The van der Waals surface area contributed by atoms with E-state index >= 15 is 0 Å². The van der Waals surface area contributed by atoms with E-state index in [0.717, 1.165) is 0 Å². The molecule has 1 unspecified atom stereocenters. The zero-order chi connectivity index (χ0) is 22.3. The fraction of sp³-hybridized carbons (Fsp3) is 0.222. The molecule has 0 aliphatic heterocycles. The van der Waals surface area contributed by atoms with E-state index in [0.29, 0.717) is 17.2 Å². The van der Waals surface area contributed by atoms with Gasteiger partial charge in [0.15, 0.2) is 5.78 Å². The van der Waals surface area contributed by atoms with E-state index < -0.39 is 26.9 Å². The molecule has 0 spiro atoms. The molecule has 0 aliphatic carbocycles. The van der Waals surface area contributed by atoms with Crippen LogP contribution in [0.25, 0.3) is 0 Å². The third-order valence-corrected chi connectivity index (χ3v) is 5.51. The van der Waals surface area contributed by atoms with E-state index in [1.807, 2.05) is 0 Å². The average Bonchev–Trinajstić information content (AvgIpc) is 2.68. The molecular formula is C18H19N3NaO7S2. The van der Waals surface area contributed by atoms with Crippen LogP contribution in [0.1, 0.15) is 6.92 Å². The second-order valence-electron chi connectivity index (χ2n) is 5.79. The van der Waals surface area contributed by atoms with Crippen molar-refractivity contribution in [2.45, 2.75) is 17.9 Å². The summed E-state index contributed by atoms with van der Waals surface area (Å²) >= 11 is 0. The maximum absolute atomic E-state index is 12.6. The monoisotopic (exact) mass is 476 g/mol. The smallest absolute Gasteiger partial charge is 0.324 e. The number of methoxy groups -OCH3 is 2. The van der Waals surface area contributed by atoms with Crippen LogP contribution in [-0.4, -0.2) is 74.5 Å². The van der Waals surface area contributed by atoms with Crippen LogP contribution < -0.4 is 14.8 Å². The summed E-state index contributed by atoms with van der Waals surface area (Å²) in [6.07, 6.45) is 0. The number of carbonyl (C=O) groups is 2. The second kappa shape index (κ2) is 12.2. The van der Waals surface area contributed by atoms with E-state index in [2.05, 4.69) is 15.5 Å². The van der Waals surface area contributed by atoms with Gasteiger partial charge < -0.3 is 14.8 Å². The van der Waals surface area contributed by atoms with Gasteiger partial charge in [0, 0.05) is 51.3 Å². The van der Waals surface area contributed by atoms with E-state index in [4.69, 9.17) is 14.0 Å². The third kappa shape index (κ3) is 8.59. The fourth-order valence-electron chi connectivity index (χ4n) is 2.25. The molecule has 0 heterocycles. The molecule has 0 aromatic heterocycles. The summed E-state index contributed by atoms with van der Waals surface area (Å²) in [4.78, 5) is 24.8. The molecule has 1 amide bonds. The predicted octanol–water partition coefficient (Wildman–Crippen LogP) is 2.90. The molecule has 0 saturated heterocycles. The SMILES string of the molecule is COc1ccc(OC)c(NC(=O)C(N=Nc2ccc(SS(=O)(=O)O)cc2)C(C)=O)c1.[Na]. The van der Waals surface area contributed by atoms with Crippen molar-refractivity contribution in [2.24, 2.45) is 10.2 Å². The molecule has 13 heteroatoms. The number of nitrogens with one attached hydrogen (secondary N) is 1. The number of hydrogen-bond donors (Lipinski definition) is 2. The molecule has 161 valence electrons. The number of Topliss-reactive ketones (excluding diaryl/α,β-unsaturated/α-hetero) is 1. The number of anilines is 1. The van der Waals surface area contributed by atoms with Gasteiger partial charge in [-0.2, -0.15) is 18.6 Å². The Kier molecular flexibility index (Phi) is 10.6. The molecule has 0 fully saturated rings. The minimum Gasteiger partial charge on any atom is -0.497 e. The zero-order valence-corrected chi connectivity index (χ0v) is 20.9. The first kappa shape index (κ1) is 27.1. The molecule has 0 aliphatic rings. The Morgan fingerprint density at radius 2 is 1.74 bits per heavy atom. The Morgan fingerprint density at radius 1 is 1.10 bits per heavy atom. The predicted molar refractivity (Wildman–Crippen MR) is 117 cm³/mol. The summed E-state index contributed by atoms with van der Waals surface area (Å²) in [5.74, 6) is -0.390. The second-order valence-corrected chi connectivity index (χ2v) is 9.05. The Labute approximate surface area is 205 Å². The molecule has 2 aromatic rings. The summed E-state index contributed by atoms with van der Waals surface area (Å²) in [6, 6.07) is 9.04. The van der Waals surface area contributed by atoms with Crippen LogP contribution in [0.4, 0.5) is 11.4 Å². The number of carbonyl (C=O) groups excluding carboxylic acids is 2. The maximum Gasteiger partial charge on any atom is 0.324 e. The van der Waals surface area contributed by atoms with Gasteiger partial charge in [-0.05, 0) is 43.3 Å². The van der Waals surface area contributed by atoms with Gasteiger partial charge in [-0.1, -0.05) is 0 Å². The Bertz CT molecular complexity index is 1060. The van der Waals surface area contributed by atoms with Crippen molar-refractivity contribution in [1.29, 1.82) is 0 Å². The molecule has 10 nitrogen and oxygen atoms in total. The van der Waals surface area contributed by atoms with Gasteiger partial charge in [0.2, 0.25) is 6.04 Å². The molecule has 0 bridgehead atoms. The van der Waals surface area contributed by atoms with E-state index in [1.165, 1.54) is 51.5 Å². The van der Waals surface area contributed by atoms with Crippen molar-refractivity contribution in [3.05, 3.63) is 42.5 Å². The molecule has 1 atom stereocenters. The van der Waals surface area contributed by atoms with Crippen molar-refractivity contribution in [2.75, 3.05) is 19.5 Å². The largest absolute Gasteiger partial charge is 0.497 e. The maximum atomic E-state index is 12.6. The van der Waals surface area contributed by atoms with Crippen LogP contribution in [-0.2, 0) is 18.7 Å². The number of ketones is 1. The number of azo groups is 1. The van der Waals surface area contributed by atoms with Gasteiger partial charge in [0.1, 0.15) is 11.5 Å².